The summed E-state index contributed by atoms with van der Waals surface area (Å²) in [6.45, 7) is 2.90. The summed E-state index contributed by atoms with van der Waals surface area (Å²) in [5.74, 6) is 0.939. The first-order chi connectivity index (χ1) is 9.99. The number of sulfone groups is 1. The minimum atomic E-state index is -2.95. The van der Waals surface area contributed by atoms with Crippen molar-refractivity contribution in [2.75, 3.05) is 18.9 Å². The van der Waals surface area contributed by atoms with Gasteiger partial charge in [-0.05, 0) is 31.0 Å². The average Bonchev–Trinajstić information content (AvgIpc) is 2.97. The molecule has 2 saturated heterocycles. The lowest BCUT2D eigenvalue weighted by molar-refractivity contribution is -0.131. The molecule has 0 saturated carbocycles. The zero-order chi connectivity index (χ0) is 15.0. The third-order valence-corrected chi connectivity index (χ3v) is 6.43. The molecule has 2 fully saturated rings. The molecule has 2 heterocycles. The Bertz CT molecular complexity index is 638. The minimum absolute atomic E-state index is 0.0153. The van der Waals surface area contributed by atoms with Crippen molar-refractivity contribution < 1.29 is 17.9 Å². The summed E-state index contributed by atoms with van der Waals surface area (Å²) < 4.78 is 28.8. The summed E-state index contributed by atoms with van der Waals surface area (Å²) in [4.78, 5) is 14.1. The predicted octanol–water partition coefficient (Wildman–Crippen LogP) is 1.03. The van der Waals surface area contributed by atoms with Crippen molar-refractivity contribution in [2.45, 2.75) is 31.1 Å². The van der Waals surface area contributed by atoms with E-state index in [-0.39, 0.29) is 23.0 Å². The van der Waals surface area contributed by atoms with Crippen LogP contribution in [0.4, 0.5) is 0 Å². The Morgan fingerprint density at radius 3 is 2.57 bits per heavy atom. The fourth-order valence-corrected chi connectivity index (χ4v) is 5.18. The van der Waals surface area contributed by atoms with Crippen LogP contribution in [0, 0.1) is 0 Å². The van der Waals surface area contributed by atoms with Crippen LogP contribution in [-0.2, 0) is 21.1 Å². The number of carbonyl (C=O) groups excluding carboxylic acids is 1. The standard InChI is InChI=1S/C15H19NO4S/c1-2-20-13-5-3-11(4-6-13)7-15(17)16-9-14-8-12(16)10-21(14,18)19/h3-6,12,14H,2,7-10H2,1H3. The quantitative estimate of drug-likeness (QED) is 0.833. The molecular formula is C15H19NO4S. The molecule has 3 rings (SSSR count). The zero-order valence-electron chi connectivity index (χ0n) is 12.0. The highest BCUT2D eigenvalue weighted by atomic mass is 32.2. The Hall–Kier alpha value is -1.56. The van der Waals surface area contributed by atoms with Gasteiger partial charge in [0.15, 0.2) is 9.84 Å². The van der Waals surface area contributed by atoms with Gasteiger partial charge in [-0.2, -0.15) is 0 Å². The van der Waals surface area contributed by atoms with Crippen LogP contribution >= 0.6 is 0 Å². The van der Waals surface area contributed by atoms with Crippen LogP contribution in [-0.4, -0.2) is 49.4 Å². The van der Waals surface area contributed by atoms with Gasteiger partial charge < -0.3 is 9.64 Å². The number of hydrogen-bond acceptors (Lipinski definition) is 4. The van der Waals surface area contributed by atoms with E-state index in [1.165, 1.54) is 0 Å². The summed E-state index contributed by atoms with van der Waals surface area (Å²) in [6.07, 6.45) is 0.924. The molecule has 1 amide bonds. The molecule has 5 nitrogen and oxygen atoms in total. The number of rotatable bonds is 4. The van der Waals surface area contributed by atoms with Crippen molar-refractivity contribution in [2.24, 2.45) is 0 Å². The lowest BCUT2D eigenvalue weighted by Gasteiger charge is -2.27. The highest BCUT2D eigenvalue weighted by molar-refractivity contribution is 7.92. The smallest absolute Gasteiger partial charge is 0.227 e. The maximum absolute atomic E-state index is 12.3. The molecule has 0 aromatic heterocycles. The molecular weight excluding hydrogens is 290 g/mol. The molecule has 2 aliphatic heterocycles. The molecule has 0 spiro atoms. The topological polar surface area (TPSA) is 63.7 Å². The van der Waals surface area contributed by atoms with Gasteiger partial charge in [-0.15, -0.1) is 0 Å². The van der Waals surface area contributed by atoms with E-state index in [1.54, 1.807) is 4.90 Å². The summed E-state index contributed by atoms with van der Waals surface area (Å²) in [7, 11) is -2.95. The molecule has 2 aliphatic rings. The second-order valence-electron chi connectivity index (χ2n) is 5.64. The Kier molecular flexibility index (Phi) is 3.65. The SMILES string of the molecule is CCOc1ccc(CC(=O)N2CC3CC2CS3(=O)=O)cc1. The number of ether oxygens (including phenoxy) is 1. The number of amides is 1. The maximum atomic E-state index is 12.3. The average molecular weight is 309 g/mol. The second kappa shape index (κ2) is 5.33. The van der Waals surface area contributed by atoms with Crippen LogP contribution in [0.15, 0.2) is 24.3 Å². The van der Waals surface area contributed by atoms with Crippen LogP contribution in [0.1, 0.15) is 18.9 Å². The van der Waals surface area contributed by atoms with Gasteiger partial charge in [0.05, 0.1) is 24.0 Å². The molecule has 0 aliphatic carbocycles. The molecule has 21 heavy (non-hydrogen) atoms. The van der Waals surface area contributed by atoms with E-state index in [9.17, 15) is 13.2 Å². The summed E-state index contributed by atoms with van der Waals surface area (Å²) >= 11 is 0. The van der Waals surface area contributed by atoms with E-state index in [0.29, 0.717) is 26.0 Å². The number of likely N-dealkylation sites (tertiary alicyclic amines) is 1. The van der Waals surface area contributed by atoms with Gasteiger partial charge in [-0.25, -0.2) is 8.42 Å². The third-order valence-electron chi connectivity index (χ3n) is 4.22. The van der Waals surface area contributed by atoms with E-state index in [1.807, 2.05) is 31.2 Å². The highest BCUT2D eigenvalue weighted by Crippen LogP contribution is 2.33. The van der Waals surface area contributed by atoms with Crippen molar-refractivity contribution in [3.8, 4) is 5.75 Å². The van der Waals surface area contributed by atoms with Crippen LogP contribution < -0.4 is 4.74 Å². The van der Waals surface area contributed by atoms with E-state index in [2.05, 4.69) is 0 Å². The minimum Gasteiger partial charge on any atom is -0.494 e. The van der Waals surface area contributed by atoms with Gasteiger partial charge in [-0.1, -0.05) is 12.1 Å². The van der Waals surface area contributed by atoms with Gasteiger partial charge in [0.2, 0.25) is 5.91 Å². The first kappa shape index (κ1) is 14.4. The van der Waals surface area contributed by atoms with Crippen molar-refractivity contribution in [1.29, 1.82) is 0 Å². The van der Waals surface area contributed by atoms with Crippen molar-refractivity contribution in [3.63, 3.8) is 0 Å². The summed E-state index contributed by atoms with van der Waals surface area (Å²) in [6, 6.07) is 7.36. The van der Waals surface area contributed by atoms with Crippen LogP contribution in [0.25, 0.3) is 0 Å². The summed E-state index contributed by atoms with van der Waals surface area (Å²) in [5, 5.41) is -0.341. The maximum Gasteiger partial charge on any atom is 0.227 e. The van der Waals surface area contributed by atoms with Crippen molar-refractivity contribution in [3.05, 3.63) is 29.8 Å². The molecule has 6 heteroatoms. The fourth-order valence-electron chi connectivity index (χ4n) is 3.15. The first-order valence-electron chi connectivity index (χ1n) is 7.22. The predicted molar refractivity (Wildman–Crippen MR) is 79.0 cm³/mol. The van der Waals surface area contributed by atoms with E-state index in [4.69, 9.17) is 4.74 Å². The van der Waals surface area contributed by atoms with Crippen molar-refractivity contribution >= 4 is 15.7 Å². The van der Waals surface area contributed by atoms with Crippen LogP contribution in [0.2, 0.25) is 0 Å². The van der Waals surface area contributed by atoms with Gasteiger partial charge in [0.25, 0.3) is 0 Å². The number of nitrogens with zero attached hydrogens (tertiary/aromatic N) is 1. The molecule has 2 unspecified atom stereocenters. The number of hydrogen-bond donors (Lipinski definition) is 0. The second-order valence-corrected chi connectivity index (χ2v) is 7.97. The summed E-state index contributed by atoms with van der Waals surface area (Å²) in [5.41, 5.74) is 0.925. The van der Waals surface area contributed by atoms with Gasteiger partial charge in [0.1, 0.15) is 5.75 Å². The molecule has 2 bridgehead atoms. The normalized spacial score (nSPS) is 26.0. The van der Waals surface area contributed by atoms with E-state index >= 15 is 0 Å². The van der Waals surface area contributed by atoms with Gasteiger partial charge in [-0.3, -0.25) is 4.79 Å². The number of carbonyl (C=O) groups is 1. The lowest BCUT2D eigenvalue weighted by atomic mass is 10.1. The highest BCUT2D eigenvalue weighted by Gasteiger charge is 2.49. The number of benzene rings is 1. The third kappa shape index (κ3) is 2.77. The number of fused-ring (bicyclic) bond motifs is 2. The van der Waals surface area contributed by atoms with E-state index < -0.39 is 9.84 Å². The first-order valence-corrected chi connectivity index (χ1v) is 8.94. The molecule has 1 aromatic carbocycles. The molecule has 0 radical (unpaired) electrons. The Morgan fingerprint density at radius 2 is 2.05 bits per heavy atom. The fraction of sp³-hybridized carbons (Fsp3) is 0.533. The Balaban J connectivity index is 1.63. The molecule has 114 valence electrons. The van der Waals surface area contributed by atoms with Gasteiger partial charge >= 0.3 is 0 Å². The molecule has 0 N–H and O–H groups in total. The molecule has 2 atom stereocenters. The lowest BCUT2D eigenvalue weighted by Crippen LogP contribution is -2.44. The molecule has 1 aromatic rings. The van der Waals surface area contributed by atoms with Crippen LogP contribution in [0.5, 0.6) is 5.75 Å². The zero-order valence-corrected chi connectivity index (χ0v) is 12.8. The van der Waals surface area contributed by atoms with Crippen molar-refractivity contribution in [1.82, 2.24) is 4.90 Å². The largest absolute Gasteiger partial charge is 0.494 e. The van der Waals surface area contributed by atoms with Gasteiger partial charge in [0, 0.05) is 12.6 Å². The van der Waals surface area contributed by atoms with E-state index in [0.717, 1.165) is 11.3 Å². The Labute approximate surface area is 124 Å². The monoisotopic (exact) mass is 309 g/mol. The van der Waals surface area contributed by atoms with Crippen LogP contribution in [0.3, 0.4) is 0 Å². The Morgan fingerprint density at radius 1 is 1.33 bits per heavy atom.